The molecule has 1 saturated heterocycles. The molecule has 1 fully saturated rings. The monoisotopic (exact) mass is 424 g/mol. The molecular formula is C20H24O8S. The molecule has 9 heteroatoms. The van der Waals surface area contributed by atoms with Crippen molar-refractivity contribution in [3.63, 3.8) is 0 Å². The maximum absolute atomic E-state index is 12.3. The summed E-state index contributed by atoms with van der Waals surface area (Å²) in [6.07, 6.45) is -3.06. The highest BCUT2D eigenvalue weighted by molar-refractivity contribution is 7.99. The van der Waals surface area contributed by atoms with Crippen molar-refractivity contribution >= 4 is 35.5 Å². The van der Waals surface area contributed by atoms with E-state index in [2.05, 4.69) is 0 Å². The topological polar surface area (TPSA) is 105 Å². The largest absolute Gasteiger partial charge is 0.456 e. The summed E-state index contributed by atoms with van der Waals surface area (Å²) < 4.78 is 21.9. The van der Waals surface area contributed by atoms with Crippen LogP contribution in [0.15, 0.2) is 35.2 Å². The quantitative estimate of drug-likeness (QED) is 0.459. The number of ketones is 1. The Hall–Kier alpha value is -2.39. The maximum Gasteiger partial charge on any atom is 0.306 e. The van der Waals surface area contributed by atoms with Crippen molar-refractivity contribution in [1.82, 2.24) is 0 Å². The van der Waals surface area contributed by atoms with Crippen molar-refractivity contribution in [1.29, 1.82) is 0 Å². The standard InChI is InChI=1S/C20H24O8S/c1-12(21)9-10-17(24)28-19-18(27-14(3)23)16(26-13(2)22)11-25-20(19)29-15-7-5-4-6-8-15/h4-8,16,18-20H,9-11H2,1-3H3/t16-,18-,19+,20-/m0/s1. The van der Waals surface area contributed by atoms with Gasteiger partial charge in [0.25, 0.3) is 0 Å². The zero-order valence-electron chi connectivity index (χ0n) is 16.5. The van der Waals surface area contributed by atoms with Crippen LogP contribution in [0.1, 0.15) is 33.6 Å². The number of rotatable bonds is 8. The van der Waals surface area contributed by atoms with Gasteiger partial charge < -0.3 is 23.7 Å². The van der Waals surface area contributed by atoms with Gasteiger partial charge in [0.2, 0.25) is 0 Å². The van der Waals surface area contributed by atoms with Gasteiger partial charge >= 0.3 is 17.9 Å². The lowest BCUT2D eigenvalue weighted by Crippen LogP contribution is -2.56. The minimum Gasteiger partial charge on any atom is -0.456 e. The van der Waals surface area contributed by atoms with Gasteiger partial charge in [-0.1, -0.05) is 30.0 Å². The molecular weight excluding hydrogens is 400 g/mol. The van der Waals surface area contributed by atoms with E-state index in [9.17, 15) is 19.2 Å². The molecule has 0 bridgehead atoms. The Balaban J connectivity index is 2.25. The second-order valence-electron chi connectivity index (χ2n) is 6.51. The lowest BCUT2D eigenvalue weighted by atomic mass is 10.1. The first kappa shape index (κ1) is 22.9. The van der Waals surface area contributed by atoms with Gasteiger partial charge in [-0.3, -0.25) is 14.4 Å². The molecule has 1 heterocycles. The number of thioether (sulfide) groups is 1. The summed E-state index contributed by atoms with van der Waals surface area (Å²) in [4.78, 5) is 47.4. The minimum atomic E-state index is -1.03. The number of ether oxygens (including phenoxy) is 4. The fraction of sp³-hybridized carbons (Fsp3) is 0.500. The molecule has 0 spiro atoms. The van der Waals surface area contributed by atoms with Crippen molar-refractivity contribution in [3.8, 4) is 0 Å². The molecule has 0 aliphatic carbocycles. The molecule has 1 aromatic carbocycles. The molecule has 4 atom stereocenters. The van der Waals surface area contributed by atoms with E-state index in [1.54, 1.807) is 0 Å². The summed E-state index contributed by atoms with van der Waals surface area (Å²) in [7, 11) is 0. The molecule has 0 unspecified atom stereocenters. The van der Waals surface area contributed by atoms with E-state index in [4.69, 9.17) is 18.9 Å². The highest BCUT2D eigenvalue weighted by Crippen LogP contribution is 2.34. The zero-order chi connectivity index (χ0) is 21.4. The first-order valence-corrected chi connectivity index (χ1v) is 10.0. The van der Waals surface area contributed by atoms with E-state index in [1.165, 1.54) is 32.5 Å². The van der Waals surface area contributed by atoms with Crippen molar-refractivity contribution in [2.45, 2.75) is 62.3 Å². The zero-order valence-corrected chi connectivity index (χ0v) is 17.3. The molecule has 0 radical (unpaired) electrons. The molecule has 0 N–H and O–H groups in total. The van der Waals surface area contributed by atoms with Crippen LogP contribution in [0.25, 0.3) is 0 Å². The van der Waals surface area contributed by atoms with Gasteiger partial charge in [-0.25, -0.2) is 0 Å². The van der Waals surface area contributed by atoms with Crippen molar-refractivity contribution in [2.24, 2.45) is 0 Å². The predicted octanol–water partition coefficient (Wildman–Crippen LogP) is 2.28. The summed E-state index contributed by atoms with van der Waals surface area (Å²) >= 11 is 1.29. The summed E-state index contributed by atoms with van der Waals surface area (Å²) in [6, 6.07) is 9.29. The Morgan fingerprint density at radius 3 is 2.17 bits per heavy atom. The van der Waals surface area contributed by atoms with Crippen molar-refractivity contribution in [2.75, 3.05) is 6.61 Å². The first-order valence-electron chi connectivity index (χ1n) is 9.13. The molecule has 8 nitrogen and oxygen atoms in total. The van der Waals surface area contributed by atoms with Gasteiger partial charge in [-0.05, 0) is 19.1 Å². The Morgan fingerprint density at radius 1 is 0.931 bits per heavy atom. The first-order chi connectivity index (χ1) is 13.8. The van der Waals surface area contributed by atoms with E-state index < -0.39 is 41.7 Å². The molecule has 29 heavy (non-hydrogen) atoms. The van der Waals surface area contributed by atoms with Gasteiger partial charge in [0.05, 0.1) is 13.0 Å². The third-order valence-corrected chi connectivity index (χ3v) is 5.13. The molecule has 1 aliphatic rings. The van der Waals surface area contributed by atoms with Crippen LogP contribution in [0.3, 0.4) is 0 Å². The third kappa shape index (κ3) is 7.51. The van der Waals surface area contributed by atoms with Crippen LogP contribution in [-0.4, -0.2) is 54.0 Å². The number of Topliss-reactive ketones (excluding diaryl/α,β-unsaturated/α-hetero) is 1. The summed E-state index contributed by atoms with van der Waals surface area (Å²) in [6.45, 7) is 3.80. The summed E-state index contributed by atoms with van der Waals surface area (Å²) in [5.41, 5.74) is -0.699. The maximum atomic E-state index is 12.3. The average molecular weight is 424 g/mol. The van der Waals surface area contributed by atoms with Crippen LogP contribution in [0.4, 0.5) is 0 Å². The van der Waals surface area contributed by atoms with Crippen LogP contribution in [0.5, 0.6) is 0 Å². The van der Waals surface area contributed by atoms with Gasteiger partial charge in [0.1, 0.15) is 11.2 Å². The van der Waals surface area contributed by atoms with Gasteiger partial charge in [0, 0.05) is 25.2 Å². The lowest BCUT2D eigenvalue weighted by molar-refractivity contribution is -0.214. The highest BCUT2D eigenvalue weighted by atomic mass is 32.2. The number of carbonyl (C=O) groups is 4. The molecule has 1 aromatic rings. The molecule has 0 amide bonds. The van der Waals surface area contributed by atoms with Crippen LogP contribution in [0.2, 0.25) is 0 Å². The van der Waals surface area contributed by atoms with E-state index in [0.717, 1.165) is 4.90 Å². The number of hydrogen-bond acceptors (Lipinski definition) is 9. The molecule has 0 saturated carbocycles. The third-order valence-electron chi connectivity index (χ3n) is 3.95. The van der Waals surface area contributed by atoms with Crippen LogP contribution < -0.4 is 0 Å². The SMILES string of the molecule is CC(=O)CCC(=O)O[C@@H]1[C@@H](OC(C)=O)[C@@H](OC(C)=O)CO[C@H]1Sc1ccccc1. The minimum absolute atomic E-state index is 0.0243. The molecule has 0 aromatic heterocycles. The Morgan fingerprint density at radius 2 is 1.59 bits per heavy atom. The fourth-order valence-electron chi connectivity index (χ4n) is 2.74. The molecule has 158 valence electrons. The van der Waals surface area contributed by atoms with Crippen molar-refractivity contribution < 1.29 is 38.1 Å². The number of esters is 3. The second kappa shape index (κ2) is 11.0. The van der Waals surface area contributed by atoms with E-state index in [0.29, 0.717) is 0 Å². The van der Waals surface area contributed by atoms with Gasteiger partial charge in [-0.15, -0.1) is 0 Å². The highest BCUT2D eigenvalue weighted by Gasteiger charge is 2.47. The number of hydrogen-bond donors (Lipinski definition) is 0. The Kier molecular flexibility index (Phi) is 8.66. The van der Waals surface area contributed by atoms with Gasteiger partial charge in [0.15, 0.2) is 18.3 Å². The number of benzene rings is 1. The predicted molar refractivity (Wildman–Crippen MR) is 103 cm³/mol. The Labute approximate surface area is 173 Å². The smallest absolute Gasteiger partial charge is 0.306 e. The Bertz CT molecular complexity index is 735. The van der Waals surface area contributed by atoms with Crippen LogP contribution in [0, 0.1) is 0 Å². The van der Waals surface area contributed by atoms with E-state index in [1.807, 2.05) is 30.3 Å². The molecule has 1 aliphatic heterocycles. The van der Waals surface area contributed by atoms with Crippen LogP contribution in [-0.2, 0) is 38.1 Å². The normalized spacial score (nSPS) is 23.7. The van der Waals surface area contributed by atoms with Crippen molar-refractivity contribution in [3.05, 3.63) is 30.3 Å². The lowest BCUT2D eigenvalue weighted by Gasteiger charge is -2.40. The van der Waals surface area contributed by atoms with Crippen LogP contribution >= 0.6 is 11.8 Å². The second-order valence-corrected chi connectivity index (χ2v) is 7.68. The van der Waals surface area contributed by atoms with Gasteiger partial charge in [-0.2, -0.15) is 0 Å². The molecule has 2 rings (SSSR count). The van der Waals surface area contributed by atoms with E-state index >= 15 is 0 Å². The van der Waals surface area contributed by atoms with E-state index in [-0.39, 0.29) is 25.2 Å². The summed E-state index contributed by atoms with van der Waals surface area (Å²) in [5, 5.41) is 0. The fourth-order valence-corrected chi connectivity index (χ4v) is 3.81. The number of carbonyl (C=O) groups excluding carboxylic acids is 4. The average Bonchev–Trinajstić information content (AvgIpc) is 2.64. The summed E-state index contributed by atoms with van der Waals surface area (Å²) in [5.74, 6) is -1.96.